The van der Waals surface area contributed by atoms with Crippen molar-refractivity contribution in [3.63, 3.8) is 0 Å². The smallest absolute Gasteiger partial charge is 0.0354 e. The van der Waals surface area contributed by atoms with E-state index in [-0.39, 0.29) is 0 Å². The van der Waals surface area contributed by atoms with E-state index in [1.807, 2.05) is 0 Å². The van der Waals surface area contributed by atoms with E-state index in [4.69, 9.17) is 0 Å². The molecule has 0 radical (unpaired) electrons. The minimum atomic E-state index is 0.717. The number of hydrogen-bond donors (Lipinski definition) is 1. The molecule has 7 heavy (non-hydrogen) atoms. The van der Waals surface area contributed by atoms with Crippen LogP contribution in [0.4, 0.5) is 0 Å². The van der Waals surface area contributed by atoms with Gasteiger partial charge >= 0.3 is 0 Å². The lowest BCUT2D eigenvalue weighted by Gasteiger charge is -1.95. The van der Waals surface area contributed by atoms with Crippen molar-refractivity contribution in [3.8, 4) is 0 Å². The van der Waals surface area contributed by atoms with Gasteiger partial charge in [0.1, 0.15) is 0 Å². The maximum absolute atomic E-state index is 3.41. The molecular formula is C6H11N. The average Bonchev–Trinajstić information content (AvgIpc) is 2.22. The van der Waals surface area contributed by atoms with Crippen molar-refractivity contribution in [2.75, 3.05) is 0 Å². The zero-order valence-electron chi connectivity index (χ0n) is 4.70. The highest BCUT2D eigenvalue weighted by molar-refractivity contribution is 5.31. The van der Waals surface area contributed by atoms with E-state index in [0.717, 1.165) is 11.6 Å². The van der Waals surface area contributed by atoms with Gasteiger partial charge in [0.25, 0.3) is 0 Å². The van der Waals surface area contributed by atoms with Gasteiger partial charge in [-0.2, -0.15) is 0 Å². The van der Waals surface area contributed by atoms with Gasteiger partial charge in [0.2, 0.25) is 0 Å². The summed E-state index contributed by atoms with van der Waals surface area (Å²) in [5.41, 5.74) is 0.717. The Hall–Kier alpha value is -0.0400. The van der Waals surface area contributed by atoms with Crippen LogP contribution in [0.15, 0.2) is 0 Å². The highest BCUT2D eigenvalue weighted by Crippen LogP contribution is 2.54. The summed E-state index contributed by atoms with van der Waals surface area (Å²) >= 11 is 0. The fourth-order valence-electron chi connectivity index (χ4n) is 1.38. The third kappa shape index (κ3) is 0.367. The first kappa shape index (κ1) is 3.90. The minimum Gasteiger partial charge on any atom is -0.305 e. The van der Waals surface area contributed by atoms with Gasteiger partial charge in [-0.15, -0.1) is 0 Å². The van der Waals surface area contributed by atoms with Crippen molar-refractivity contribution in [1.29, 1.82) is 0 Å². The molecule has 0 amide bonds. The van der Waals surface area contributed by atoms with Crippen LogP contribution in [-0.4, -0.2) is 11.6 Å². The van der Waals surface area contributed by atoms with E-state index in [0.29, 0.717) is 0 Å². The summed E-state index contributed by atoms with van der Waals surface area (Å²) in [5.74, 6) is 0. The Morgan fingerprint density at radius 2 is 2.43 bits per heavy atom. The molecule has 0 aromatic heterocycles. The topological polar surface area (TPSA) is 21.9 Å². The molecule has 2 fully saturated rings. The molecule has 0 aromatic rings. The first-order chi connectivity index (χ1) is 3.37. The molecule has 1 heterocycles. The molecule has 0 aromatic carbocycles. The average molecular weight is 97.2 g/mol. The molecule has 0 spiro atoms. The molecule has 1 saturated carbocycles. The molecule has 1 saturated heterocycles. The van der Waals surface area contributed by atoms with Crippen LogP contribution < -0.4 is 5.32 Å². The largest absolute Gasteiger partial charge is 0.305 e. The third-order valence-electron chi connectivity index (χ3n) is 2.15. The zero-order chi connectivity index (χ0) is 4.91. The van der Waals surface area contributed by atoms with E-state index in [9.17, 15) is 0 Å². The van der Waals surface area contributed by atoms with Crippen LogP contribution in [0.2, 0.25) is 0 Å². The van der Waals surface area contributed by atoms with Crippen LogP contribution in [0, 0.1) is 0 Å². The molecule has 1 aliphatic heterocycles. The summed E-state index contributed by atoms with van der Waals surface area (Å²) in [7, 11) is 0. The number of fused-ring (bicyclic) bond motifs is 1. The van der Waals surface area contributed by atoms with Gasteiger partial charge in [0.05, 0.1) is 0 Å². The number of rotatable bonds is 2. The standard InChI is InChI=1S/C6H11N/c1-2-3-6-4-5(6)7-6/h5,7H,2-4H2,1H3. The summed E-state index contributed by atoms with van der Waals surface area (Å²) in [4.78, 5) is 0. The van der Waals surface area contributed by atoms with Crippen LogP contribution in [0.5, 0.6) is 0 Å². The summed E-state index contributed by atoms with van der Waals surface area (Å²) in [6, 6.07) is 0.965. The highest BCUT2D eigenvalue weighted by atomic mass is 15.3. The second-order valence-corrected chi connectivity index (χ2v) is 2.81. The fourth-order valence-corrected chi connectivity index (χ4v) is 1.38. The van der Waals surface area contributed by atoms with Crippen LogP contribution in [0.25, 0.3) is 0 Å². The van der Waals surface area contributed by atoms with Crippen molar-refractivity contribution in [1.82, 2.24) is 5.32 Å². The van der Waals surface area contributed by atoms with Crippen LogP contribution in [0.1, 0.15) is 26.2 Å². The number of hydrogen-bond acceptors (Lipinski definition) is 1. The molecule has 0 bridgehead atoms. The monoisotopic (exact) mass is 97.1 g/mol. The second kappa shape index (κ2) is 0.873. The van der Waals surface area contributed by atoms with Gasteiger partial charge in [0, 0.05) is 11.6 Å². The van der Waals surface area contributed by atoms with Gasteiger partial charge in [-0.25, -0.2) is 0 Å². The van der Waals surface area contributed by atoms with Crippen molar-refractivity contribution in [2.45, 2.75) is 37.8 Å². The molecule has 1 N–H and O–H groups in total. The van der Waals surface area contributed by atoms with Crippen LogP contribution in [-0.2, 0) is 0 Å². The van der Waals surface area contributed by atoms with Gasteiger partial charge < -0.3 is 5.32 Å². The normalized spacial score (nSPS) is 53.6. The van der Waals surface area contributed by atoms with Gasteiger partial charge in [0.15, 0.2) is 0 Å². The molecule has 2 unspecified atom stereocenters. The Morgan fingerprint density at radius 1 is 1.86 bits per heavy atom. The van der Waals surface area contributed by atoms with E-state index < -0.39 is 0 Å². The maximum Gasteiger partial charge on any atom is 0.0354 e. The lowest BCUT2D eigenvalue weighted by atomic mass is 10.2. The Morgan fingerprint density at radius 3 is 2.57 bits per heavy atom. The van der Waals surface area contributed by atoms with Crippen molar-refractivity contribution < 1.29 is 0 Å². The van der Waals surface area contributed by atoms with Gasteiger partial charge in [-0.1, -0.05) is 13.3 Å². The van der Waals surface area contributed by atoms with Crippen molar-refractivity contribution in [2.24, 2.45) is 0 Å². The first-order valence-corrected chi connectivity index (χ1v) is 3.15. The third-order valence-corrected chi connectivity index (χ3v) is 2.15. The van der Waals surface area contributed by atoms with Gasteiger partial charge in [-0.05, 0) is 12.8 Å². The van der Waals surface area contributed by atoms with E-state index in [2.05, 4.69) is 12.2 Å². The summed E-state index contributed by atoms with van der Waals surface area (Å²) in [6.07, 6.45) is 4.24. The highest BCUT2D eigenvalue weighted by Gasteiger charge is 2.68. The van der Waals surface area contributed by atoms with E-state index in [1.165, 1.54) is 19.3 Å². The predicted octanol–water partition coefficient (Wildman–Crippen LogP) is 0.901. The molecular weight excluding hydrogens is 86.1 g/mol. The van der Waals surface area contributed by atoms with E-state index >= 15 is 0 Å². The SMILES string of the molecule is CCCC12CC1N2. The van der Waals surface area contributed by atoms with Crippen LogP contribution in [0.3, 0.4) is 0 Å². The summed E-state index contributed by atoms with van der Waals surface area (Å²) in [6.45, 7) is 2.25. The fraction of sp³-hybridized carbons (Fsp3) is 1.00. The number of nitrogens with one attached hydrogen (secondary N) is 1. The molecule has 2 aliphatic rings. The van der Waals surface area contributed by atoms with Crippen molar-refractivity contribution >= 4 is 0 Å². The van der Waals surface area contributed by atoms with E-state index in [1.54, 1.807) is 0 Å². The predicted molar refractivity (Wildman–Crippen MR) is 29.2 cm³/mol. The maximum atomic E-state index is 3.41. The molecule has 2 atom stereocenters. The molecule has 1 heteroatoms. The van der Waals surface area contributed by atoms with Crippen LogP contribution >= 0.6 is 0 Å². The second-order valence-electron chi connectivity index (χ2n) is 2.81. The minimum absolute atomic E-state index is 0.717. The van der Waals surface area contributed by atoms with Crippen molar-refractivity contribution in [3.05, 3.63) is 0 Å². The molecule has 1 nitrogen and oxygen atoms in total. The summed E-state index contributed by atoms with van der Waals surface area (Å²) in [5, 5.41) is 3.41. The zero-order valence-corrected chi connectivity index (χ0v) is 4.70. The molecule has 1 aliphatic carbocycles. The lowest BCUT2D eigenvalue weighted by molar-refractivity contribution is 0.630. The Balaban J connectivity index is 1.87. The Labute approximate surface area is 44.1 Å². The Bertz CT molecular complexity index is 92.4. The molecule has 2 rings (SSSR count). The quantitative estimate of drug-likeness (QED) is 0.508. The first-order valence-electron chi connectivity index (χ1n) is 3.15. The Kier molecular flexibility index (Phi) is 0.487. The molecule has 40 valence electrons. The lowest BCUT2D eigenvalue weighted by Crippen LogP contribution is -2.06. The summed E-state index contributed by atoms with van der Waals surface area (Å²) < 4.78 is 0. The van der Waals surface area contributed by atoms with Gasteiger partial charge in [-0.3, -0.25) is 0 Å².